The zero-order valence-electron chi connectivity index (χ0n) is 24.1. The molecule has 0 unspecified atom stereocenters. The standard InChI is InChI=1S/C35H44NO2/c1-24-18-25(2)33(26(3)19-24)35(38-22-29-10-8-7-9-11-29)23-36(21-28-12-14-30(37-6)15-13-28)20-27(4)31-16-17-32(35)34(31,36)5/h7-15,18-19,27,31-32H,16-17,20-23H2,1-6H3/q+1/t27-,31+,32+,34-,35-,36-/m1/s1. The first-order valence-electron chi connectivity index (χ1n) is 14.5. The Balaban J connectivity index is 1.50. The van der Waals surface area contributed by atoms with Gasteiger partial charge in [0.15, 0.2) is 5.60 Å². The lowest BCUT2D eigenvalue weighted by atomic mass is 9.71. The Morgan fingerprint density at radius 3 is 2.24 bits per heavy atom. The van der Waals surface area contributed by atoms with Crippen LogP contribution in [-0.4, -0.2) is 30.2 Å². The number of nitrogens with zero attached hydrogens (tertiary/aromatic N) is 1. The molecule has 0 radical (unpaired) electrons. The highest BCUT2D eigenvalue weighted by molar-refractivity contribution is 5.44. The van der Waals surface area contributed by atoms with Crippen molar-refractivity contribution in [1.29, 1.82) is 0 Å². The zero-order valence-corrected chi connectivity index (χ0v) is 24.1. The molecule has 3 nitrogen and oxygen atoms in total. The fraction of sp³-hybridized carbons (Fsp3) is 0.486. The maximum Gasteiger partial charge on any atom is 0.151 e. The van der Waals surface area contributed by atoms with Crippen molar-refractivity contribution in [3.63, 3.8) is 0 Å². The topological polar surface area (TPSA) is 18.5 Å². The molecule has 6 atom stereocenters. The molecule has 200 valence electrons. The van der Waals surface area contributed by atoms with Crippen LogP contribution in [-0.2, 0) is 23.5 Å². The third-order valence-electron chi connectivity index (χ3n) is 10.8. The third-order valence-corrected chi connectivity index (χ3v) is 10.8. The highest BCUT2D eigenvalue weighted by Crippen LogP contribution is 2.68. The molecule has 3 aromatic carbocycles. The third kappa shape index (κ3) is 3.69. The fourth-order valence-electron chi connectivity index (χ4n) is 9.58. The van der Waals surface area contributed by atoms with Gasteiger partial charge in [0.2, 0.25) is 0 Å². The molecule has 2 saturated heterocycles. The molecule has 3 fully saturated rings. The quantitative estimate of drug-likeness (QED) is 0.307. The van der Waals surface area contributed by atoms with Crippen molar-refractivity contribution < 1.29 is 14.0 Å². The summed E-state index contributed by atoms with van der Waals surface area (Å²) >= 11 is 0. The lowest BCUT2D eigenvalue weighted by molar-refractivity contribution is -0.968. The smallest absolute Gasteiger partial charge is 0.151 e. The minimum atomic E-state index is -0.298. The Morgan fingerprint density at radius 2 is 1.58 bits per heavy atom. The summed E-state index contributed by atoms with van der Waals surface area (Å²) in [6.07, 6.45) is 2.56. The first kappa shape index (κ1) is 25.6. The van der Waals surface area contributed by atoms with Crippen molar-refractivity contribution in [2.75, 3.05) is 20.2 Å². The van der Waals surface area contributed by atoms with Gasteiger partial charge in [0.05, 0.1) is 26.2 Å². The molecular formula is C35H44NO2+. The van der Waals surface area contributed by atoms with Gasteiger partial charge in [-0.2, -0.15) is 0 Å². The van der Waals surface area contributed by atoms with Crippen molar-refractivity contribution >= 4 is 0 Å². The number of rotatable bonds is 7. The van der Waals surface area contributed by atoms with Crippen LogP contribution in [0.4, 0.5) is 0 Å². The molecule has 0 N–H and O–H groups in total. The number of aryl methyl sites for hydroxylation is 3. The first-order chi connectivity index (χ1) is 18.2. The van der Waals surface area contributed by atoms with Gasteiger partial charge in [-0.1, -0.05) is 55.0 Å². The average molecular weight is 511 g/mol. The Morgan fingerprint density at radius 1 is 0.895 bits per heavy atom. The highest BCUT2D eigenvalue weighted by Gasteiger charge is 2.78. The molecule has 2 aliphatic heterocycles. The Kier molecular flexibility index (Phi) is 6.24. The number of methoxy groups -OCH3 is 1. The van der Waals surface area contributed by atoms with E-state index < -0.39 is 0 Å². The summed E-state index contributed by atoms with van der Waals surface area (Å²) in [7, 11) is 1.75. The second kappa shape index (κ2) is 9.24. The summed E-state index contributed by atoms with van der Waals surface area (Å²) in [4.78, 5) is 0. The van der Waals surface area contributed by atoms with E-state index in [1.807, 2.05) is 0 Å². The molecule has 0 aromatic heterocycles. The molecule has 1 saturated carbocycles. The van der Waals surface area contributed by atoms with Gasteiger partial charge in [-0.05, 0) is 87.1 Å². The van der Waals surface area contributed by atoms with Gasteiger partial charge < -0.3 is 14.0 Å². The van der Waals surface area contributed by atoms with Crippen LogP contribution in [0.15, 0.2) is 66.7 Å². The summed E-state index contributed by atoms with van der Waals surface area (Å²) in [5, 5.41) is 0. The van der Waals surface area contributed by atoms with Crippen molar-refractivity contribution in [1.82, 2.24) is 0 Å². The number of ether oxygens (including phenoxy) is 2. The van der Waals surface area contributed by atoms with Gasteiger partial charge in [0.1, 0.15) is 24.4 Å². The predicted molar refractivity (Wildman–Crippen MR) is 154 cm³/mol. The number of quaternary nitrogens is 1. The summed E-state index contributed by atoms with van der Waals surface area (Å²) in [5.41, 5.74) is 8.14. The van der Waals surface area contributed by atoms with Crippen LogP contribution in [0.1, 0.15) is 60.1 Å². The number of hydrogen-bond donors (Lipinski definition) is 0. The molecule has 38 heavy (non-hydrogen) atoms. The van der Waals surface area contributed by atoms with E-state index in [1.165, 1.54) is 52.8 Å². The minimum absolute atomic E-state index is 0.194. The van der Waals surface area contributed by atoms with E-state index in [0.29, 0.717) is 12.5 Å². The van der Waals surface area contributed by atoms with Gasteiger partial charge in [0.25, 0.3) is 0 Å². The van der Waals surface area contributed by atoms with Crippen LogP contribution in [0.2, 0.25) is 0 Å². The van der Waals surface area contributed by atoms with Crippen molar-refractivity contribution in [2.45, 2.75) is 71.8 Å². The van der Waals surface area contributed by atoms with Gasteiger partial charge in [-0.15, -0.1) is 0 Å². The minimum Gasteiger partial charge on any atom is -0.497 e. The predicted octanol–water partition coefficient (Wildman–Crippen LogP) is 7.50. The molecule has 3 aliphatic rings. The van der Waals surface area contributed by atoms with Crippen LogP contribution in [0, 0.1) is 38.5 Å². The van der Waals surface area contributed by atoms with E-state index in [1.54, 1.807) is 7.11 Å². The summed E-state index contributed by atoms with van der Waals surface area (Å²) in [6, 6.07) is 24.4. The maximum absolute atomic E-state index is 7.39. The van der Waals surface area contributed by atoms with Crippen LogP contribution in [0.5, 0.6) is 5.75 Å². The van der Waals surface area contributed by atoms with Crippen LogP contribution in [0.25, 0.3) is 0 Å². The normalized spacial score (nSPS) is 33.5. The molecule has 2 heterocycles. The van der Waals surface area contributed by atoms with Crippen molar-refractivity contribution in [3.05, 3.63) is 100 Å². The van der Waals surface area contributed by atoms with E-state index in [4.69, 9.17) is 9.47 Å². The molecule has 3 aromatic rings. The van der Waals surface area contributed by atoms with Crippen molar-refractivity contribution in [3.8, 4) is 5.75 Å². The second-order valence-electron chi connectivity index (χ2n) is 12.9. The summed E-state index contributed by atoms with van der Waals surface area (Å²) in [6.45, 7) is 16.0. The second-order valence-corrected chi connectivity index (χ2v) is 12.9. The molecular weight excluding hydrogens is 466 g/mol. The molecule has 1 aliphatic carbocycles. The van der Waals surface area contributed by atoms with Crippen LogP contribution < -0.4 is 4.74 Å². The SMILES string of the molecule is COc1ccc(C[N@@+]23C[C@@H](C)[C@@H]4CC[C@@H]([C@@]42C)[C@@](OCc2ccccc2)(c2c(C)cc(C)cc2C)C3)cc1. The maximum atomic E-state index is 7.39. The monoisotopic (exact) mass is 510 g/mol. The van der Waals surface area contributed by atoms with E-state index in [9.17, 15) is 0 Å². The zero-order chi connectivity index (χ0) is 26.7. The van der Waals surface area contributed by atoms with E-state index in [-0.39, 0.29) is 11.1 Å². The molecule has 6 rings (SSSR count). The highest BCUT2D eigenvalue weighted by atomic mass is 16.5. The number of benzene rings is 3. The molecule has 0 bridgehead atoms. The average Bonchev–Trinajstić information content (AvgIpc) is 3.43. The molecule has 0 spiro atoms. The van der Waals surface area contributed by atoms with E-state index in [2.05, 4.69) is 101 Å². The van der Waals surface area contributed by atoms with Crippen LogP contribution >= 0.6 is 0 Å². The lowest BCUT2D eigenvalue weighted by Crippen LogP contribution is -2.57. The fourth-order valence-corrected chi connectivity index (χ4v) is 9.58. The Hall–Kier alpha value is -2.62. The molecule has 3 heteroatoms. The largest absolute Gasteiger partial charge is 0.497 e. The Bertz CT molecular complexity index is 1290. The van der Waals surface area contributed by atoms with Gasteiger partial charge in [-0.3, -0.25) is 0 Å². The van der Waals surface area contributed by atoms with Gasteiger partial charge in [0, 0.05) is 17.4 Å². The van der Waals surface area contributed by atoms with E-state index >= 15 is 0 Å². The van der Waals surface area contributed by atoms with Crippen LogP contribution in [0.3, 0.4) is 0 Å². The van der Waals surface area contributed by atoms with Gasteiger partial charge >= 0.3 is 0 Å². The summed E-state index contributed by atoms with van der Waals surface area (Å²) < 4.78 is 14.0. The Labute approximate surface area is 229 Å². The molecule has 0 amide bonds. The van der Waals surface area contributed by atoms with E-state index in [0.717, 1.165) is 35.2 Å². The lowest BCUT2D eigenvalue weighted by Gasteiger charge is -2.43. The summed E-state index contributed by atoms with van der Waals surface area (Å²) in [5.74, 6) is 2.89. The number of hydrogen-bond acceptors (Lipinski definition) is 2. The first-order valence-corrected chi connectivity index (χ1v) is 14.5. The van der Waals surface area contributed by atoms with Gasteiger partial charge in [-0.25, -0.2) is 0 Å². The van der Waals surface area contributed by atoms with Crippen molar-refractivity contribution in [2.24, 2.45) is 17.8 Å².